The van der Waals surface area contributed by atoms with Crippen molar-refractivity contribution in [2.45, 2.75) is 45.3 Å². The molecule has 78 valence electrons. The predicted octanol–water partition coefficient (Wildman–Crippen LogP) is 1.76. The minimum atomic E-state index is -0.704. The Labute approximate surface area is 83.8 Å². The standard InChI is InChI=1S/C11H16O3/c1-2-7-6-8-9(12)4-3-5-10(8)14-11(7)13/h7,11,13H,2-6H2,1H3. The number of aliphatic hydroxyl groups is 1. The number of ether oxygens (including phenoxy) is 1. The van der Waals surface area contributed by atoms with Crippen molar-refractivity contribution in [2.24, 2.45) is 5.92 Å². The lowest BCUT2D eigenvalue weighted by molar-refractivity contribution is -0.131. The second-order valence-electron chi connectivity index (χ2n) is 4.06. The molecule has 3 nitrogen and oxygen atoms in total. The van der Waals surface area contributed by atoms with E-state index < -0.39 is 6.29 Å². The van der Waals surface area contributed by atoms with E-state index in [2.05, 4.69) is 0 Å². The number of hydrogen-bond donors (Lipinski definition) is 1. The van der Waals surface area contributed by atoms with Crippen LogP contribution in [0.1, 0.15) is 39.0 Å². The first-order valence-electron chi connectivity index (χ1n) is 5.32. The monoisotopic (exact) mass is 196 g/mol. The average Bonchev–Trinajstić information content (AvgIpc) is 2.17. The highest BCUT2D eigenvalue weighted by Crippen LogP contribution is 2.35. The third-order valence-electron chi connectivity index (χ3n) is 3.14. The molecule has 0 fully saturated rings. The number of carbonyl (C=O) groups excluding carboxylic acids is 1. The van der Waals surface area contributed by atoms with E-state index in [1.807, 2.05) is 6.92 Å². The van der Waals surface area contributed by atoms with Gasteiger partial charge in [0.2, 0.25) is 0 Å². The molecule has 0 radical (unpaired) electrons. The molecule has 2 rings (SSSR count). The number of carbonyl (C=O) groups is 1. The van der Waals surface area contributed by atoms with E-state index in [0.29, 0.717) is 12.8 Å². The molecule has 0 bridgehead atoms. The molecule has 14 heavy (non-hydrogen) atoms. The summed E-state index contributed by atoms with van der Waals surface area (Å²) in [6, 6.07) is 0. The fourth-order valence-electron chi connectivity index (χ4n) is 2.18. The lowest BCUT2D eigenvalue weighted by atomic mass is 9.85. The van der Waals surface area contributed by atoms with Crippen molar-refractivity contribution >= 4 is 5.78 Å². The van der Waals surface area contributed by atoms with Gasteiger partial charge in [0.15, 0.2) is 12.1 Å². The number of Topliss-reactive ketones (excluding diaryl/α,β-unsaturated/α-hetero) is 1. The van der Waals surface area contributed by atoms with Gasteiger partial charge in [-0.15, -0.1) is 0 Å². The lowest BCUT2D eigenvalue weighted by Crippen LogP contribution is -2.32. The van der Waals surface area contributed by atoms with Crippen molar-refractivity contribution < 1.29 is 14.6 Å². The van der Waals surface area contributed by atoms with Gasteiger partial charge in [-0.05, 0) is 19.3 Å². The highest BCUT2D eigenvalue weighted by atomic mass is 16.6. The summed E-state index contributed by atoms with van der Waals surface area (Å²) in [7, 11) is 0. The third kappa shape index (κ3) is 1.57. The molecule has 0 aromatic heterocycles. The van der Waals surface area contributed by atoms with Gasteiger partial charge >= 0.3 is 0 Å². The minimum Gasteiger partial charge on any atom is -0.469 e. The second kappa shape index (κ2) is 3.73. The molecule has 1 aliphatic heterocycles. The van der Waals surface area contributed by atoms with Gasteiger partial charge in [-0.3, -0.25) is 4.79 Å². The second-order valence-corrected chi connectivity index (χ2v) is 4.06. The Bertz CT molecular complexity index is 280. The fraction of sp³-hybridized carbons (Fsp3) is 0.727. The molecule has 1 N–H and O–H groups in total. The van der Waals surface area contributed by atoms with E-state index in [9.17, 15) is 9.90 Å². The Morgan fingerprint density at radius 1 is 1.50 bits per heavy atom. The first-order valence-corrected chi connectivity index (χ1v) is 5.32. The molecule has 0 spiro atoms. The maximum absolute atomic E-state index is 11.6. The molecule has 2 aliphatic rings. The Morgan fingerprint density at radius 2 is 2.29 bits per heavy atom. The minimum absolute atomic E-state index is 0.0933. The maximum atomic E-state index is 11.6. The zero-order chi connectivity index (χ0) is 10.1. The van der Waals surface area contributed by atoms with E-state index >= 15 is 0 Å². The van der Waals surface area contributed by atoms with Gasteiger partial charge in [0, 0.05) is 24.3 Å². The van der Waals surface area contributed by atoms with Crippen molar-refractivity contribution in [2.75, 3.05) is 0 Å². The molecule has 0 aromatic carbocycles. The molecule has 0 saturated carbocycles. The van der Waals surface area contributed by atoms with Gasteiger partial charge in [0.1, 0.15) is 5.76 Å². The molecule has 2 unspecified atom stereocenters. The van der Waals surface area contributed by atoms with Crippen molar-refractivity contribution in [3.05, 3.63) is 11.3 Å². The van der Waals surface area contributed by atoms with Gasteiger partial charge < -0.3 is 9.84 Å². The summed E-state index contributed by atoms with van der Waals surface area (Å²) in [6.07, 6.45) is 3.17. The van der Waals surface area contributed by atoms with Gasteiger partial charge in [-0.1, -0.05) is 6.92 Å². The van der Waals surface area contributed by atoms with E-state index in [-0.39, 0.29) is 11.7 Å². The van der Waals surface area contributed by atoms with E-state index in [0.717, 1.165) is 30.6 Å². The van der Waals surface area contributed by atoms with Crippen molar-refractivity contribution in [1.29, 1.82) is 0 Å². The highest BCUT2D eigenvalue weighted by molar-refractivity contribution is 5.96. The van der Waals surface area contributed by atoms with Gasteiger partial charge in [-0.2, -0.15) is 0 Å². The molecular weight excluding hydrogens is 180 g/mol. The molecular formula is C11H16O3. The smallest absolute Gasteiger partial charge is 0.200 e. The number of ketones is 1. The van der Waals surface area contributed by atoms with E-state index in [4.69, 9.17) is 4.74 Å². The van der Waals surface area contributed by atoms with Crippen LogP contribution in [0.15, 0.2) is 11.3 Å². The Morgan fingerprint density at radius 3 is 3.00 bits per heavy atom. The first-order chi connectivity index (χ1) is 6.72. The summed E-state index contributed by atoms with van der Waals surface area (Å²) in [5, 5.41) is 9.63. The molecule has 1 heterocycles. The lowest BCUT2D eigenvalue weighted by Gasteiger charge is -2.33. The molecule has 0 aromatic rings. The predicted molar refractivity (Wildman–Crippen MR) is 51.4 cm³/mol. The summed E-state index contributed by atoms with van der Waals surface area (Å²) < 4.78 is 5.38. The van der Waals surface area contributed by atoms with Crippen LogP contribution in [0.3, 0.4) is 0 Å². The van der Waals surface area contributed by atoms with Gasteiger partial charge in [0.05, 0.1) is 0 Å². The van der Waals surface area contributed by atoms with Crippen LogP contribution in [0.4, 0.5) is 0 Å². The topological polar surface area (TPSA) is 46.5 Å². The van der Waals surface area contributed by atoms with Gasteiger partial charge in [-0.25, -0.2) is 0 Å². The van der Waals surface area contributed by atoms with Crippen LogP contribution in [-0.4, -0.2) is 17.2 Å². The summed E-state index contributed by atoms with van der Waals surface area (Å²) in [6.45, 7) is 2.01. The number of hydrogen-bond acceptors (Lipinski definition) is 3. The maximum Gasteiger partial charge on any atom is 0.200 e. The Balaban J connectivity index is 2.22. The van der Waals surface area contributed by atoms with Crippen LogP contribution in [-0.2, 0) is 9.53 Å². The van der Waals surface area contributed by atoms with Crippen LogP contribution in [0.25, 0.3) is 0 Å². The Kier molecular flexibility index (Phi) is 2.59. The van der Waals surface area contributed by atoms with Crippen LogP contribution in [0.2, 0.25) is 0 Å². The van der Waals surface area contributed by atoms with Crippen molar-refractivity contribution in [3.63, 3.8) is 0 Å². The van der Waals surface area contributed by atoms with Crippen molar-refractivity contribution in [1.82, 2.24) is 0 Å². The first kappa shape index (κ1) is 9.71. The van der Waals surface area contributed by atoms with Crippen LogP contribution < -0.4 is 0 Å². The van der Waals surface area contributed by atoms with E-state index in [1.54, 1.807) is 0 Å². The highest BCUT2D eigenvalue weighted by Gasteiger charge is 2.33. The molecule has 0 saturated heterocycles. The zero-order valence-electron chi connectivity index (χ0n) is 8.45. The molecule has 2 atom stereocenters. The fourth-order valence-corrected chi connectivity index (χ4v) is 2.18. The van der Waals surface area contributed by atoms with Crippen LogP contribution in [0.5, 0.6) is 0 Å². The van der Waals surface area contributed by atoms with Crippen LogP contribution in [0, 0.1) is 5.92 Å². The van der Waals surface area contributed by atoms with Gasteiger partial charge in [0.25, 0.3) is 0 Å². The Hall–Kier alpha value is -0.830. The summed E-state index contributed by atoms with van der Waals surface area (Å²) in [4.78, 5) is 11.6. The molecule has 3 heteroatoms. The summed E-state index contributed by atoms with van der Waals surface area (Å²) in [5.74, 6) is 1.06. The zero-order valence-corrected chi connectivity index (χ0v) is 8.45. The third-order valence-corrected chi connectivity index (χ3v) is 3.14. The number of rotatable bonds is 1. The molecule has 1 aliphatic carbocycles. The average molecular weight is 196 g/mol. The molecule has 0 amide bonds. The van der Waals surface area contributed by atoms with Crippen LogP contribution >= 0.6 is 0 Å². The van der Waals surface area contributed by atoms with Crippen molar-refractivity contribution in [3.8, 4) is 0 Å². The number of aliphatic hydroxyl groups excluding tert-OH is 1. The summed E-state index contributed by atoms with van der Waals surface area (Å²) >= 11 is 0. The largest absolute Gasteiger partial charge is 0.469 e. The normalized spacial score (nSPS) is 32.6. The quantitative estimate of drug-likeness (QED) is 0.695. The van der Waals surface area contributed by atoms with E-state index in [1.165, 1.54) is 0 Å². The number of allylic oxidation sites excluding steroid dienone is 2. The SMILES string of the molecule is CCC1CC2=C(CCCC2=O)OC1O. The summed E-state index contributed by atoms with van der Waals surface area (Å²) in [5.41, 5.74) is 0.841.